The fourth-order valence-electron chi connectivity index (χ4n) is 2.10. The lowest BCUT2D eigenvalue weighted by molar-refractivity contribution is 0.281. The molecule has 0 radical (unpaired) electrons. The van der Waals surface area contributed by atoms with Gasteiger partial charge in [-0.05, 0) is 26.6 Å². The van der Waals surface area contributed by atoms with E-state index in [9.17, 15) is 0 Å². The summed E-state index contributed by atoms with van der Waals surface area (Å²) < 4.78 is 0. The van der Waals surface area contributed by atoms with Gasteiger partial charge in [0.05, 0.1) is 11.2 Å². The maximum absolute atomic E-state index is 4.35. The van der Waals surface area contributed by atoms with Gasteiger partial charge >= 0.3 is 0 Å². The molecule has 3 nitrogen and oxygen atoms in total. The predicted octanol–water partition coefficient (Wildman–Crippen LogP) is 3.10. The zero-order valence-electron chi connectivity index (χ0n) is 11.7. The molecular weight excluding hydrogens is 254 g/mol. The number of hydrogen-bond acceptors (Lipinski definition) is 4. The number of thiazole rings is 1. The minimum absolute atomic E-state index is 0.289. The van der Waals surface area contributed by atoms with Gasteiger partial charge in [0.1, 0.15) is 0 Å². The molecule has 0 aliphatic heterocycles. The average Bonchev–Trinajstić information content (AvgIpc) is 2.93. The van der Waals surface area contributed by atoms with Gasteiger partial charge in [0.25, 0.3) is 0 Å². The normalized spacial score (nSPS) is 14.5. The highest BCUT2D eigenvalue weighted by molar-refractivity contribution is 7.07. The number of benzene rings is 1. The third-order valence-electron chi connectivity index (χ3n) is 3.32. The Morgan fingerprint density at radius 2 is 2.00 bits per heavy atom. The van der Waals surface area contributed by atoms with Crippen LogP contribution in [0.4, 0.5) is 0 Å². The van der Waals surface area contributed by atoms with E-state index >= 15 is 0 Å². The maximum Gasteiger partial charge on any atom is 0.0795 e. The van der Waals surface area contributed by atoms with Gasteiger partial charge in [0, 0.05) is 24.0 Å². The third-order valence-corrected chi connectivity index (χ3v) is 3.92. The maximum atomic E-state index is 4.35. The molecule has 4 heteroatoms. The van der Waals surface area contributed by atoms with Gasteiger partial charge in [-0.2, -0.15) is 0 Å². The Hall–Kier alpha value is -1.23. The number of nitrogens with zero attached hydrogens (tertiary/aromatic N) is 2. The van der Waals surface area contributed by atoms with E-state index in [0.29, 0.717) is 6.04 Å². The van der Waals surface area contributed by atoms with Crippen LogP contribution in [-0.2, 0) is 0 Å². The monoisotopic (exact) mass is 275 g/mol. The number of likely N-dealkylation sites (N-methyl/N-ethyl adjacent to an activating group) is 1. The molecule has 0 fully saturated rings. The smallest absolute Gasteiger partial charge is 0.0795 e. The quantitative estimate of drug-likeness (QED) is 0.878. The van der Waals surface area contributed by atoms with Crippen LogP contribution in [0, 0.1) is 0 Å². The Balaban J connectivity index is 1.98. The largest absolute Gasteiger partial charge is 0.307 e. The van der Waals surface area contributed by atoms with Crippen LogP contribution in [-0.4, -0.2) is 30.5 Å². The van der Waals surface area contributed by atoms with Crippen LogP contribution < -0.4 is 5.32 Å². The molecule has 1 heterocycles. The van der Waals surface area contributed by atoms with Crippen molar-refractivity contribution in [1.82, 2.24) is 15.2 Å². The van der Waals surface area contributed by atoms with Crippen molar-refractivity contribution in [3.63, 3.8) is 0 Å². The molecule has 0 bridgehead atoms. The van der Waals surface area contributed by atoms with Crippen molar-refractivity contribution in [1.29, 1.82) is 0 Å². The molecule has 2 aromatic rings. The van der Waals surface area contributed by atoms with Crippen molar-refractivity contribution in [2.75, 3.05) is 20.6 Å². The summed E-state index contributed by atoms with van der Waals surface area (Å²) in [6.07, 6.45) is 0. The summed E-state index contributed by atoms with van der Waals surface area (Å²) in [6.45, 7) is 3.07. The highest BCUT2D eigenvalue weighted by Crippen LogP contribution is 2.19. The van der Waals surface area contributed by atoms with E-state index in [2.05, 4.69) is 71.9 Å². The van der Waals surface area contributed by atoms with Crippen molar-refractivity contribution < 1.29 is 0 Å². The molecule has 2 unspecified atom stereocenters. The van der Waals surface area contributed by atoms with Gasteiger partial charge in [-0.1, -0.05) is 30.3 Å². The van der Waals surface area contributed by atoms with E-state index < -0.39 is 0 Å². The van der Waals surface area contributed by atoms with Crippen molar-refractivity contribution in [3.05, 3.63) is 52.5 Å². The Kier molecular flexibility index (Phi) is 5.07. The van der Waals surface area contributed by atoms with Gasteiger partial charge in [0.15, 0.2) is 0 Å². The lowest BCUT2D eigenvalue weighted by Crippen LogP contribution is -2.32. The Bertz CT molecular complexity index is 467. The van der Waals surface area contributed by atoms with Crippen LogP contribution in [0.1, 0.15) is 30.3 Å². The standard InChI is InChI=1S/C15H21N3S/c1-12(14-10-19-11-17-14)16-9-15(18(2)3)13-7-5-4-6-8-13/h4-8,10-12,15-16H,9H2,1-3H3. The molecule has 102 valence electrons. The molecular formula is C15H21N3S. The van der Waals surface area contributed by atoms with Crippen LogP contribution in [0.5, 0.6) is 0 Å². The molecule has 0 aliphatic carbocycles. The number of nitrogens with one attached hydrogen (secondary N) is 1. The minimum Gasteiger partial charge on any atom is -0.307 e. The van der Waals surface area contributed by atoms with Crippen molar-refractivity contribution >= 4 is 11.3 Å². The zero-order valence-corrected chi connectivity index (χ0v) is 12.5. The zero-order chi connectivity index (χ0) is 13.7. The van der Waals surface area contributed by atoms with E-state index in [1.807, 2.05) is 5.51 Å². The molecule has 0 spiro atoms. The minimum atomic E-state index is 0.289. The first-order chi connectivity index (χ1) is 9.18. The van der Waals surface area contributed by atoms with E-state index in [4.69, 9.17) is 0 Å². The molecule has 19 heavy (non-hydrogen) atoms. The predicted molar refractivity (Wildman–Crippen MR) is 81.4 cm³/mol. The fraction of sp³-hybridized carbons (Fsp3) is 0.400. The van der Waals surface area contributed by atoms with Gasteiger partial charge < -0.3 is 10.2 Å². The number of aromatic nitrogens is 1. The fourth-order valence-corrected chi connectivity index (χ4v) is 2.75. The highest BCUT2D eigenvalue weighted by Gasteiger charge is 2.15. The SMILES string of the molecule is CC(NCC(c1ccccc1)N(C)C)c1cscn1. The van der Waals surface area contributed by atoms with Crippen LogP contribution in [0.3, 0.4) is 0 Å². The first kappa shape index (κ1) is 14.2. The summed E-state index contributed by atoms with van der Waals surface area (Å²) in [5, 5.41) is 5.67. The van der Waals surface area contributed by atoms with Crippen molar-refractivity contribution in [2.45, 2.75) is 19.0 Å². The summed E-state index contributed by atoms with van der Waals surface area (Å²) >= 11 is 1.64. The first-order valence-corrected chi connectivity index (χ1v) is 7.45. The summed E-state index contributed by atoms with van der Waals surface area (Å²) in [6, 6.07) is 11.3. The van der Waals surface area contributed by atoms with Gasteiger partial charge in [-0.25, -0.2) is 4.98 Å². The van der Waals surface area contributed by atoms with Crippen LogP contribution in [0.25, 0.3) is 0 Å². The summed E-state index contributed by atoms with van der Waals surface area (Å²) in [7, 11) is 4.24. The molecule has 0 saturated heterocycles. The Morgan fingerprint density at radius 1 is 1.26 bits per heavy atom. The lowest BCUT2D eigenvalue weighted by atomic mass is 10.1. The highest BCUT2D eigenvalue weighted by atomic mass is 32.1. The van der Waals surface area contributed by atoms with E-state index in [-0.39, 0.29) is 6.04 Å². The third kappa shape index (κ3) is 3.86. The molecule has 1 N–H and O–H groups in total. The first-order valence-electron chi connectivity index (χ1n) is 6.51. The van der Waals surface area contributed by atoms with Crippen molar-refractivity contribution in [2.24, 2.45) is 0 Å². The van der Waals surface area contributed by atoms with Crippen LogP contribution >= 0.6 is 11.3 Å². The summed E-state index contributed by atoms with van der Waals surface area (Å²) in [5.74, 6) is 0. The topological polar surface area (TPSA) is 28.2 Å². The van der Waals surface area contributed by atoms with Crippen molar-refractivity contribution in [3.8, 4) is 0 Å². The molecule has 1 aromatic heterocycles. The van der Waals surface area contributed by atoms with E-state index in [1.54, 1.807) is 11.3 Å². The van der Waals surface area contributed by atoms with E-state index in [0.717, 1.165) is 12.2 Å². The van der Waals surface area contributed by atoms with Gasteiger partial charge in [0.2, 0.25) is 0 Å². The van der Waals surface area contributed by atoms with E-state index in [1.165, 1.54) is 5.56 Å². The summed E-state index contributed by atoms with van der Waals surface area (Å²) in [4.78, 5) is 6.60. The second kappa shape index (κ2) is 6.80. The van der Waals surface area contributed by atoms with Crippen LogP contribution in [0.2, 0.25) is 0 Å². The summed E-state index contributed by atoms with van der Waals surface area (Å²) in [5.41, 5.74) is 4.34. The number of rotatable bonds is 6. The Morgan fingerprint density at radius 3 is 2.58 bits per heavy atom. The molecule has 2 atom stereocenters. The molecule has 0 saturated carbocycles. The molecule has 0 aliphatic rings. The lowest BCUT2D eigenvalue weighted by Gasteiger charge is -2.26. The Labute approximate surface area is 119 Å². The second-order valence-corrected chi connectivity index (χ2v) is 5.65. The average molecular weight is 275 g/mol. The number of hydrogen-bond donors (Lipinski definition) is 1. The second-order valence-electron chi connectivity index (χ2n) is 4.93. The molecule has 1 aromatic carbocycles. The van der Waals surface area contributed by atoms with Gasteiger partial charge in [-0.15, -0.1) is 11.3 Å². The molecule has 2 rings (SSSR count). The van der Waals surface area contributed by atoms with Crippen LogP contribution in [0.15, 0.2) is 41.2 Å². The molecule has 0 amide bonds. The van der Waals surface area contributed by atoms with Gasteiger partial charge in [-0.3, -0.25) is 0 Å².